The van der Waals surface area contributed by atoms with Crippen molar-refractivity contribution in [2.75, 3.05) is 0 Å². The molecule has 118 valence electrons. The van der Waals surface area contributed by atoms with Crippen LogP contribution in [0.25, 0.3) is 0 Å². The Morgan fingerprint density at radius 1 is 1.14 bits per heavy atom. The molecule has 0 spiro atoms. The highest BCUT2D eigenvalue weighted by molar-refractivity contribution is 6.30. The SMILES string of the molecule is CCCCCCCCCC1C[C@@H](O)c2cc(Cl)ccc2O1. The molecule has 0 bridgehead atoms. The van der Waals surface area contributed by atoms with Crippen molar-refractivity contribution in [3.63, 3.8) is 0 Å². The van der Waals surface area contributed by atoms with Gasteiger partial charge >= 0.3 is 0 Å². The van der Waals surface area contributed by atoms with Crippen LogP contribution in [0.1, 0.15) is 76.4 Å². The highest BCUT2D eigenvalue weighted by Gasteiger charge is 2.26. The van der Waals surface area contributed by atoms with Gasteiger partial charge in [0.25, 0.3) is 0 Å². The van der Waals surface area contributed by atoms with Gasteiger partial charge in [0.05, 0.1) is 6.10 Å². The van der Waals surface area contributed by atoms with Crippen molar-refractivity contribution in [2.24, 2.45) is 0 Å². The van der Waals surface area contributed by atoms with Gasteiger partial charge in [-0.1, -0.05) is 57.0 Å². The van der Waals surface area contributed by atoms with E-state index in [4.69, 9.17) is 16.3 Å². The van der Waals surface area contributed by atoms with E-state index in [1.165, 1.54) is 44.9 Å². The molecule has 3 heteroatoms. The summed E-state index contributed by atoms with van der Waals surface area (Å²) in [6.45, 7) is 2.25. The van der Waals surface area contributed by atoms with Crippen LogP contribution in [0.15, 0.2) is 18.2 Å². The van der Waals surface area contributed by atoms with Crippen molar-refractivity contribution in [3.8, 4) is 5.75 Å². The molecule has 2 rings (SSSR count). The molecule has 2 nitrogen and oxygen atoms in total. The number of halogens is 1. The van der Waals surface area contributed by atoms with Crippen LogP contribution in [0.3, 0.4) is 0 Å². The summed E-state index contributed by atoms with van der Waals surface area (Å²) < 4.78 is 5.98. The van der Waals surface area contributed by atoms with Gasteiger partial charge in [-0.25, -0.2) is 0 Å². The van der Waals surface area contributed by atoms with E-state index in [0.717, 1.165) is 17.7 Å². The average molecular weight is 311 g/mol. The number of unbranched alkanes of at least 4 members (excludes halogenated alkanes) is 6. The van der Waals surface area contributed by atoms with Crippen LogP contribution in [-0.2, 0) is 0 Å². The van der Waals surface area contributed by atoms with Crippen LogP contribution < -0.4 is 4.74 Å². The molecule has 0 fully saturated rings. The van der Waals surface area contributed by atoms with Crippen molar-refractivity contribution in [1.29, 1.82) is 0 Å². The van der Waals surface area contributed by atoms with Crippen LogP contribution in [0.5, 0.6) is 5.75 Å². The largest absolute Gasteiger partial charge is 0.490 e. The lowest BCUT2D eigenvalue weighted by molar-refractivity contribution is 0.0605. The van der Waals surface area contributed by atoms with E-state index in [9.17, 15) is 5.11 Å². The minimum atomic E-state index is -0.443. The molecule has 1 aromatic carbocycles. The highest BCUT2D eigenvalue weighted by Crippen LogP contribution is 2.37. The van der Waals surface area contributed by atoms with Crippen molar-refractivity contribution in [3.05, 3.63) is 28.8 Å². The quantitative estimate of drug-likeness (QED) is 0.627. The molecule has 0 amide bonds. The first kappa shape index (κ1) is 16.6. The third kappa shape index (κ3) is 5.19. The Hall–Kier alpha value is -0.730. The standard InChI is InChI=1S/C18H27ClO2/c1-2-3-4-5-6-7-8-9-15-13-17(20)16-12-14(19)10-11-18(16)21-15/h10-12,15,17,20H,2-9,13H2,1H3/t15?,17-/m1/s1. The first-order valence-corrected chi connectivity index (χ1v) is 8.72. The van der Waals surface area contributed by atoms with E-state index >= 15 is 0 Å². The van der Waals surface area contributed by atoms with E-state index in [1.807, 2.05) is 18.2 Å². The van der Waals surface area contributed by atoms with E-state index in [1.54, 1.807) is 0 Å². The van der Waals surface area contributed by atoms with Crippen molar-refractivity contribution < 1.29 is 9.84 Å². The highest BCUT2D eigenvalue weighted by atomic mass is 35.5. The lowest BCUT2D eigenvalue weighted by Gasteiger charge is -2.29. The fourth-order valence-corrected chi connectivity index (χ4v) is 3.18. The minimum Gasteiger partial charge on any atom is -0.490 e. The minimum absolute atomic E-state index is 0.143. The summed E-state index contributed by atoms with van der Waals surface area (Å²) in [6, 6.07) is 5.51. The van der Waals surface area contributed by atoms with Gasteiger partial charge in [0, 0.05) is 17.0 Å². The zero-order valence-corrected chi connectivity index (χ0v) is 13.7. The number of benzene rings is 1. The molecule has 1 unspecified atom stereocenters. The number of ether oxygens (including phenoxy) is 1. The second kappa shape index (κ2) is 8.65. The molecular weight excluding hydrogens is 284 g/mol. The number of aliphatic hydroxyl groups excluding tert-OH is 1. The topological polar surface area (TPSA) is 29.5 Å². The number of hydrogen-bond donors (Lipinski definition) is 1. The van der Waals surface area contributed by atoms with Gasteiger partial charge in [0.15, 0.2) is 0 Å². The maximum absolute atomic E-state index is 10.2. The smallest absolute Gasteiger partial charge is 0.125 e. The van der Waals surface area contributed by atoms with Gasteiger partial charge in [0.1, 0.15) is 11.9 Å². The van der Waals surface area contributed by atoms with Crippen LogP contribution in [0.2, 0.25) is 5.02 Å². The molecule has 0 aromatic heterocycles. The van der Waals surface area contributed by atoms with E-state index < -0.39 is 6.10 Å². The van der Waals surface area contributed by atoms with Crippen LogP contribution in [-0.4, -0.2) is 11.2 Å². The monoisotopic (exact) mass is 310 g/mol. The summed E-state index contributed by atoms with van der Waals surface area (Å²) >= 11 is 5.97. The Bertz CT molecular complexity index is 433. The van der Waals surface area contributed by atoms with Gasteiger partial charge in [0.2, 0.25) is 0 Å². The summed E-state index contributed by atoms with van der Waals surface area (Å²) in [7, 11) is 0. The molecule has 1 aromatic rings. The average Bonchev–Trinajstić information content (AvgIpc) is 2.47. The van der Waals surface area contributed by atoms with Gasteiger partial charge in [-0.15, -0.1) is 0 Å². The van der Waals surface area contributed by atoms with Gasteiger partial charge in [-0.05, 0) is 31.0 Å². The molecule has 1 heterocycles. The molecule has 2 atom stereocenters. The van der Waals surface area contributed by atoms with Crippen molar-refractivity contribution >= 4 is 11.6 Å². The lowest BCUT2D eigenvalue weighted by atomic mass is 9.96. The molecule has 0 saturated carbocycles. The molecule has 21 heavy (non-hydrogen) atoms. The Labute approximate surface area is 133 Å². The lowest BCUT2D eigenvalue weighted by Crippen LogP contribution is -2.25. The van der Waals surface area contributed by atoms with Gasteiger partial charge in [-0.2, -0.15) is 0 Å². The van der Waals surface area contributed by atoms with E-state index in [-0.39, 0.29) is 6.10 Å². The summed E-state index contributed by atoms with van der Waals surface area (Å²) in [5.74, 6) is 0.797. The molecule has 1 aliphatic heterocycles. The Morgan fingerprint density at radius 3 is 2.62 bits per heavy atom. The first-order chi connectivity index (χ1) is 10.2. The summed E-state index contributed by atoms with van der Waals surface area (Å²) in [5, 5.41) is 10.9. The number of hydrogen-bond acceptors (Lipinski definition) is 2. The fraction of sp³-hybridized carbons (Fsp3) is 0.667. The van der Waals surface area contributed by atoms with E-state index in [0.29, 0.717) is 11.4 Å². The second-order valence-corrected chi connectivity index (χ2v) is 6.52. The first-order valence-electron chi connectivity index (χ1n) is 8.35. The predicted octanol–water partition coefficient (Wildman–Crippen LogP) is 5.67. The molecule has 0 aliphatic carbocycles. The molecule has 1 aliphatic rings. The summed E-state index contributed by atoms with van der Waals surface area (Å²) in [6.07, 6.45) is 10.6. The third-order valence-electron chi connectivity index (χ3n) is 4.24. The van der Waals surface area contributed by atoms with Gasteiger partial charge < -0.3 is 9.84 Å². The maximum Gasteiger partial charge on any atom is 0.125 e. The molecular formula is C18H27ClO2. The van der Waals surface area contributed by atoms with Gasteiger partial charge in [-0.3, -0.25) is 0 Å². The Balaban J connectivity index is 1.70. The number of fused-ring (bicyclic) bond motifs is 1. The second-order valence-electron chi connectivity index (χ2n) is 6.08. The zero-order valence-electron chi connectivity index (χ0n) is 13.0. The molecule has 0 saturated heterocycles. The predicted molar refractivity (Wildman–Crippen MR) is 88.1 cm³/mol. The summed E-state index contributed by atoms with van der Waals surface area (Å²) in [5.41, 5.74) is 0.832. The van der Waals surface area contributed by atoms with Crippen LogP contribution in [0.4, 0.5) is 0 Å². The Morgan fingerprint density at radius 2 is 1.86 bits per heavy atom. The van der Waals surface area contributed by atoms with Crippen LogP contribution in [0, 0.1) is 0 Å². The number of aliphatic hydroxyl groups is 1. The Kier molecular flexibility index (Phi) is 6.85. The van der Waals surface area contributed by atoms with Crippen LogP contribution >= 0.6 is 11.6 Å². The van der Waals surface area contributed by atoms with Crippen molar-refractivity contribution in [2.45, 2.75) is 76.9 Å². The molecule has 0 radical (unpaired) electrons. The normalized spacial score (nSPS) is 20.9. The maximum atomic E-state index is 10.2. The third-order valence-corrected chi connectivity index (χ3v) is 4.48. The number of rotatable bonds is 8. The molecule has 1 N–H and O–H groups in total. The van der Waals surface area contributed by atoms with Crippen molar-refractivity contribution in [1.82, 2.24) is 0 Å². The summed E-state index contributed by atoms with van der Waals surface area (Å²) in [4.78, 5) is 0. The fourth-order valence-electron chi connectivity index (χ4n) is 3.00. The zero-order chi connectivity index (χ0) is 15.1. The van der Waals surface area contributed by atoms with E-state index in [2.05, 4.69) is 6.92 Å².